The van der Waals surface area contributed by atoms with E-state index in [2.05, 4.69) is 10.6 Å². The van der Waals surface area contributed by atoms with Crippen LogP contribution in [0.15, 0.2) is 94.7 Å². The number of anilines is 4. The maximum atomic E-state index is 13.3. The molecule has 0 bridgehead atoms. The number of aromatic hydroxyl groups is 2. The molecule has 4 aromatic rings. The van der Waals surface area contributed by atoms with Crippen molar-refractivity contribution in [1.82, 2.24) is 0 Å². The van der Waals surface area contributed by atoms with E-state index in [4.69, 9.17) is 0 Å². The summed E-state index contributed by atoms with van der Waals surface area (Å²) < 4.78 is 26.5. The molecule has 0 amide bonds. The molecule has 0 unspecified atom stereocenters. The summed E-state index contributed by atoms with van der Waals surface area (Å²) in [5, 5.41) is 48.1. The van der Waals surface area contributed by atoms with Crippen molar-refractivity contribution in [3.8, 4) is 11.5 Å². The minimum absolute atomic E-state index is 0.0220. The number of rotatable bonds is 8. The average molecular weight is 522 g/mol. The Morgan fingerprint density at radius 1 is 0.622 bits per heavy atom. The zero-order valence-corrected chi connectivity index (χ0v) is 19.5. The van der Waals surface area contributed by atoms with Gasteiger partial charge in [-0.25, -0.2) is 8.42 Å². The number of sulfone groups is 1. The minimum atomic E-state index is -4.39. The summed E-state index contributed by atoms with van der Waals surface area (Å²) in [4.78, 5) is 21.0. The van der Waals surface area contributed by atoms with Crippen molar-refractivity contribution in [1.29, 1.82) is 0 Å². The summed E-state index contributed by atoms with van der Waals surface area (Å²) in [6, 6.07) is 18.0. The van der Waals surface area contributed by atoms with Gasteiger partial charge < -0.3 is 20.8 Å². The molecule has 0 spiro atoms. The Kier molecular flexibility index (Phi) is 6.63. The van der Waals surface area contributed by atoms with E-state index in [-0.39, 0.29) is 22.9 Å². The molecule has 0 saturated heterocycles. The Hall–Kier alpha value is -5.17. The predicted octanol–water partition coefficient (Wildman–Crippen LogP) is 5.23. The number of hydrogen-bond donors (Lipinski definition) is 4. The number of hydrogen-bond acceptors (Lipinski definition) is 10. The molecule has 0 radical (unpaired) electrons. The fraction of sp³-hybridized carbons (Fsp3) is 0. The van der Waals surface area contributed by atoms with E-state index in [0.29, 0.717) is 11.4 Å². The van der Waals surface area contributed by atoms with Gasteiger partial charge in [0.1, 0.15) is 22.9 Å². The van der Waals surface area contributed by atoms with Gasteiger partial charge >= 0.3 is 0 Å². The lowest BCUT2D eigenvalue weighted by Gasteiger charge is -2.11. The number of phenols is 2. The summed E-state index contributed by atoms with van der Waals surface area (Å²) in [6.07, 6.45) is 0. The maximum Gasteiger partial charge on any atom is 0.293 e. The highest BCUT2D eigenvalue weighted by Crippen LogP contribution is 2.36. The number of benzene rings is 4. The van der Waals surface area contributed by atoms with Crippen molar-refractivity contribution < 1.29 is 28.5 Å². The van der Waals surface area contributed by atoms with Crippen LogP contribution in [0.4, 0.5) is 34.1 Å². The van der Waals surface area contributed by atoms with Crippen LogP contribution < -0.4 is 10.6 Å². The van der Waals surface area contributed by atoms with Crippen LogP contribution in [0.2, 0.25) is 0 Å². The molecule has 4 aromatic carbocycles. The van der Waals surface area contributed by atoms with Gasteiger partial charge in [-0.05, 0) is 48.5 Å². The first-order chi connectivity index (χ1) is 17.5. The molecule has 0 fully saturated rings. The lowest BCUT2D eigenvalue weighted by Crippen LogP contribution is -2.06. The Morgan fingerprint density at radius 2 is 1.03 bits per heavy atom. The van der Waals surface area contributed by atoms with Gasteiger partial charge in [-0.2, -0.15) is 0 Å². The normalized spacial score (nSPS) is 11.0. The summed E-state index contributed by atoms with van der Waals surface area (Å²) in [7, 11) is -4.39. The summed E-state index contributed by atoms with van der Waals surface area (Å²) in [5.74, 6) is -0.147. The lowest BCUT2D eigenvalue weighted by atomic mass is 10.2. The minimum Gasteiger partial charge on any atom is -0.508 e. The predicted molar refractivity (Wildman–Crippen MR) is 134 cm³/mol. The van der Waals surface area contributed by atoms with E-state index in [1.807, 2.05) is 0 Å². The molecule has 0 aliphatic carbocycles. The fourth-order valence-corrected chi connectivity index (χ4v) is 4.79. The van der Waals surface area contributed by atoms with E-state index in [0.717, 1.165) is 24.3 Å². The number of nitrogens with one attached hydrogen (secondary N) is 2. The fourth-order valence-electron chi connectivity index (χ4n) is 3.49. The molecule has 4 rings (SSSR count). The first kappa shape index (κ1) is 24.9. The van der Waals surface area contributed by atoms with Crippen molar-refractivity contribution in [3.63, 3.8) is 0 Å². The van der Waals surface area contributed by atoms with E-state index >= 15 is 0 Å². The zero-order chi connectivity index (χ0) is 26.7. The number of nitro groups is 2. The second-order valence-electron chi connectivity index (χ2n) is 7.73. The van der Waals surface area contributed by atoms with Crippen LogP contribution in [-0.2, 0) is 9.84 Å². The van der Waals surface area contributed by atoms with Crippen molar-refractivity contribution in [2.24, 2.45) is 0 Å². The first-order valence-corrected chi connectivity index (χ1v) is 12.0. The third-order valence-electron chi connectivity index (χ3n) is 5.20. The first-order valence-electron chi connectivity index (χ1n) is 10.5. The average Bonchev–Trinajstić information content (AvgIpc) is 2.84. The van der Waals surface area contributed by atoms with Crippen LogP contribution in [0.3, 0.4) is 0 Å². The Labute approximate surface area is 209 Å². The van der Waals surface area contributed by atoms with Gasteiger partial charge in [0.15, 0.2) is 0 Å². The van der Waals surface area contributed by atoms with Crippen LogP contribution >= 0.6 is 0 Å². The molecule has 0 aliphatic rings. The van der Waals surface area contributed by atoms with Gasteiger partial charge in [-0.15, -0.1) is 0 Å². The monoisotopic (exact) mass is 522 g/mol. The van der Waals surface area contributed by atoms with Gasteiger partial charge in [-0.1, -0.05) is 12.1 Å². The van der Waals surface area contributed by atoms with Gasteiger partial charge in [0.2, 0.25) is 9.84 Å². The van der Waals surface area contributed by atoms with Crippen LogP contribution in [0, 0.1) is 20.2 Å². The Morgan fingerprint density at radius 3 is 1.38 bits per heavy atom. The van der Waals surface area contributed by atoms with E-state index in [1.54, 1.807) is 12.1 Å². The summed E-state index contributed by atoms with van der Waals surface area (Å²) in [5.41, 5.74) is -0.479. The van der Waals surface area contributed by atoms with Crippen molar-refractivity contribution in [2.75, 3.05) is 10.6 Å². The Bertz CT molecular complexity index is 1520. The van der Waals surface area contributed by atoms with Crippen LogP contribution in [0.1, 0.15) is 0 Å². The number of nitro benzene ring substituents is 2. The molecular weight excluding hydrogens is 504 g/mol. The van der Waals surface area contributed by atoms with Gasteiger partial charge in [-0.3, -0.25) is 20.2 Å². The zero-order valence-electron chi connectivity index (χ0n) is 18.7. The van der Waals surface area contributed by atoms with Crippen molar-refractivity contribution >= 4 is 44.0 Å². The van der Waals surface area contributed by atoms with Gasteiger partial charge in [0.25, 0.3) is 11.4 Å². The molecule has 0 aliphatic heterocycles. The lowest BCUT2D eigenvalue weighted by molar-refractivity contribution is -0.384. The van der Waals surface area contributed by atoms with Gasteiger partial charge in [0, 0.05) is 35.6 Å². The molecule has 12 nitrogen and oxygen atoms in total. The quantitative estimate of drug-likeness (QED) is 0.176. The van der Waals surface area contributed by atoms with Gasteiger partial charge in [0.05, 0.1) is 19.6 Å². The molecule has 0 aromatic heterocycles. The largest absolute Gasteiger partial charge is 0.508 e. The van der Waals surface area contributed by atoms with E-state index < -0.39 is 40.8 Å². The highest BCUT2D eigenvalue weighted by Gasteiger charge is 2.26. The maximum absolute atomic E-state index is 13.3. The molecule has 37 heavy (non-hydrogen) atoms. The molecule has 0 saturated carbocycles. The van der Waals surface area contributed by atoms with E-state index in [1.165, 1.54) is 48.5 Å². The summed E-state index contributed by atoms with van der Waals surface area (Å²) >= 11 is 0. The van der Waals surface area contributed by atoms with Crippen LogP contribution in [-0.4, -0.2) is 28.5 Å². The second kappa shape index (κ2) is 9.83. The SMILES string of the molecule is O=[N+]([O-])c1cc(S(=O)(=O)c2ccc(Nc3cccc(O)c3)c([N+](=O)[O-])c2)ccc1Nc1cccc(O)c1. The second-order valence-corrected chi connectivity index (χ2v) is 9.68. The smallest absolute Gasteiger partial charge is 0.293 e. The standard InChI is InChI=1S/C24H18N4O8S/c29-17-5-1-3-15(11-17)25-21-9-7-19(13-23(21)27(31)32)37(35,36)20-8-10-22(24(14-20)28(33)34)26-16-4-2-6-18(30)12-16/h1-14,25-26,29-30H. The third kappa shape index (κ3) is 5.41. The van der Waals surface area contributed by atoms with Crippen LogP contribution in [0.5, 0.6) is 11.5 Å². The highest BCUT2D eigenvalue weighted by molar-refractivity contribution is 7.91. The van der Waals surface area contributed by atoms with E-state index in [9.17, 15) is 38.9 Å². The molecule has 13 heteroatoms. The molecular formula is C24H18N4O8S. The van der Waals surface area contributed by atoms with Crippen molar-refractivity contribution in [3.05, 3.63) is 105 Å². The summed E-state index contributed by atoms with van der Waals surface area (Å²) in [6.45, 7) is 0. The number of phenolic OH excluding ortho intramolecular Hbond substituents is 2. The van der Waals surface area contributed by atoms with Crippen molar-refractivity contribution in [2.45, 2.75) is 9.79 Å². The Balaban J connectivity index is 1.71. The number of nitrogens with zero attached hydrogens (tertiary/aromatic N) is 2. The van der Waals surface area contributed by atoms with Crippen LogP contribution in [0.25, 0.3) is 0 Å². The molecule has 188 valence electrons. The topological polar surface area (TPSA) is 185 Å². The molecule has 0 heterocycles. The third-order valence-corrected chi connectivity index (χ3v) is 6.95. The highest BCUT2D eigenvalue weighted by atomic mass is 32.2. The molecule has 0 atom stereocenters. The molecule has 4 N–H and O–H groups in total.